The topological polar surface area (TPSA) is 59.8 Å². The minimum absolute atomic E-state index is 0.0338. The van der Waals surface area contributed by atoms with Gasteiger partial charge in [0, 0.05) is 12.1 Å². The Morgan fingerprint density at radius 1 is 1.39 bits per heavy atom. The molecule has 2 rings (SSSR count). The van der Waals surface area contributed by atoms with Crippen LogP contribution in [0.15, 0.2) is 30.5 Å². The number of rotatable bonds is 3. The van der Waals surface area contributed by atoms with Gasteiger partial charge in [-0.15, -0.1) is 0 Å². The first-order valence-electron chi connectivity index (χ1n) is 5.55. The zero-order valence-corrected chi connectivity index (χ0v) is 10.1. The number of hydrogen-bond donors (Lipinski definition) is 1. The molecule has 0 unspecified atom stereocenters. The van der Waals surface area contributed by atoms with E-state index in [1.165, 1.54) is 18.2 Å². The molecule has 2 aromatic rings. The fourth-order valence-electron chi connectivity index (χ4n) is 1.54. The van der Waals surface area contributed by atoms with Crippen molar-refractivity contribution in [3.05, 3.63) is 42.1 Å². The van der Waals surface area contributed by atoms with Crippen molar-refractivity contribution < 1.29 is 9.18 Å². The summed E-state index contributed by atoms with van der Waals surface area (Å²) in [5.41, 5.74) is 0.0338. The minimum Gasteiger partial charge on any atom is -0.305 e. The van der Waals surface area contributed by atoms with E-state index in [1.807, 2.05) is 13.8 Å². The molecule has 0 aliphatic rings. The highest BCUT2D eigenvalue weighted by Gasteiger charge is 2.12. The first-order valence-corrected chi connectivity index (χ1v) is 5.55. The Balaban J connectivity index is 2.19. The smallest absolute Gasteiger partial charge is 0.275 e. The van der Waals surface area contributed by atoms with Crippen molar-refractivity contribution in [2.24, 2.45) is 0 Å². The molecule has 0 bridgehead atoms. The summed E-state index contributed by atoms with van der Waals surface area (Å²) in [6, 6.07) is 5.88. The first kappa shape index (κ1) is 12.2. The van der Waals surface area contributed by atoms with Gasteiger partial charge in [-0.1, -0.05) is 6.07 Å². The Morgan fingerprint density at radius 2 is 2.17 bits per heavy atom. The average molecular weight is 248 g/mol. The molecule has 1 amide bonds. The normalized spacial score (nSPS) is 10.7. The van der Waals surface area contributed by atoms with Crippen molar-refractivity contribution in [2.75, 3.05) is 5.32 Å². The number of carbonyl (C=O) groups excluding carboxylic acids is 1. The molecule has 0 saturated heterocycles. The second-order valence-electron chi connectivity index (χ2n) is 4.05. The zero-order chi connectivity index (χ0) is 13.1. The summed E-state index contributed by atoms with van der Waals surface area (Å²) >= 11 is 0. The molecule has 2 aromatic heterocycles. The van der Waals surface area contributed by atoms with Crippen LogP contribution in [0.25, 0.3) is 0 Å². The Morgan fingerprint density at radius 3 is 2.83 bits per heavy atom. The zero-order valence-electron chi connectivity index (χ0n) is 10.1. The quantitative estimate of drug-likeness (QED) is 0.847. The largest absolute Gasteiger partial charge is 0.305 e. The fraction of sp³-hybridized carbons (Fsp3) is 0.250. The van der Waals surface area contributed by atoms with Crippen LogP contribution in [0, 0.1) is 5.95 Å². The highest BCUT2D eigenvalue weighted by atomic mass is 19.1. The second kappa shape index (κ2) is 4.95. The molecular weight excluding hydrogens is 235 g/mol. The molecule has 0 spiro atoms. The predicted molar refractivity (Wildman–Crippen MR) is 64.8 cm³/mol. The van der Waals surface area contributed by atoms with E-state index < -0.39 is 11.9 Å². The molecule has 94 valence electrons. The van der Waals surface area contributed by atoms with E-state index in [0.29, 0.717) is 5.82 Å². The van der Waals surface area contributed by atoms with E-state index in [9.17, 15) is 9.18 Å². The molecule has 0 fully saturated rings. The van der Waals surface area contributed by atoms with Gasteiger partial charge >= 0.3 is 0 Å². The van der Waals surface area contributed by atoms with Gasteiger partial charge in [-0.25, -0.2) is 9.67 Å². The highest BCUT2D eigenvalue weighted by Crippen LogP contribution is 2.13. The van der Waals surface area contributed by atoms with Crippen molar-refractivity contribution in [3.63, 3.8) is 0 Å². The van der Waals surface area contributed by atoms with E-state index >= 15 is 0 Å². The number of anilines is 1. The molecule has 0 aromatic carbocycles. The summed E-state index contributed by atoms with van der Waals surface area (Å²) in [6.45, 7) is 3.90. The lowest BCUT2D eigenvalue weighted by Crippen LogP contribution is -2.18. The first-order chi connectivity index (χ1) is 8.58. The Labute approximate surface area is 104 Å². The maximum Gasteiger partial charge on any atom is 0.275 e. The van der Waals surface area contributed by atoms with Gasteiger partial charge in [0.1, 0.15) is 11.5 Å². The highest BCUT2D eigenvalue weighted by molar-refractivity contribution is 6.02. The molecule has 0 saturated carbocycles. The molecular formula is C12H13FN4O. The molecule has 2 heterocycles. The third-order valence-electron chi connectivity index (χ3n) is 2.35. The Bertz CT molecular complexity index is 565. The average Bonchev–Trinajstić information content (AvgIpc) is 2.77. The van der Waals surface area contributed by atoms with Crippen molar-refractivity contribution in [1.29, 1.82) is 0 Å². The molecule has 6 heteroatoms. The van der Waals surface area contributed by atoms with Gasteiger partial charge in [0.2, 0.25) is 5.95 Å². The summed E-state index contributed by atoms with van der Waals surface area (Å²) in [5.74, 6) is -0.585. The van der Waals surface area contributed by atoms with Gasteiger partial charge in [-0.3, -0.25) is 4.79 Å². The molecule has 1 N–H and O–H groups in total. The summed E-state index contributed by atoms with van der Waals surface area (Å²) in [6.07, 6.45) is 1.59. The van der Waals surface area contributed by atoms with Gasteiger partial charge in [-0.2, -0.15) is 9.49 Å². The Kier molecular flexibility index (Phi) is 3.36. The lowest BCUT2D eigenvalue weighted by molar-refractivity contribution is 0.102. The van der Waals surface area contributed by atoms with Crippen molar-refractivity contribution in [2.45, 2.75) is 19.9 Å². The number of halogens is 1. The summed E-state index contributed by atoms with van der Waals surface area (Å²) in [4.78, 5) is 15.4. The summed E-state index contributed by atoms with van der Waals surface area (Å²) < 4.78 is 14.6. The number of pyridine rings is 1. The second-order valence-corrected chi connectivity index (χ2v) is 4.05. The van der Waals surface area contributed by atoms with Gasteiger partial charge < -0.3 is 5.32 Å². The van der Waals surface area contributed by atoms with Crippen molar-refractivity contribution >= 4 is 11.7 Å². The lowest BCUT2D eigenvalue weighted by Gasteiger charge is -2.11. The van der Waals surface area contributed by atoms with Crippen LogP contribution >= 0.6 is 0 Å². The summed E-state index contributed by atoms with van der Waals surface area (Å²) in [7, 11) is 0. The number of aromatic nitrogens is 3. The maximum atomic E-state index is 12.9. The van der Waals surface area contributed by atoms with Crippen LogP contribution in [-0.2, 0) is 0 Å². The van der Waals surface area contributed by atoms with Crippen LogP contribution in [-0.4, -0.2) is 20.7 Å². The number of hydrogen-bond acceptors (Lipinski definition) is 3. The minimum atomic E-state index is -0.681. The van der Waals surface area contributed by atoms with Crippen molar-refractivity contribution in [1.82, 2.24) is 14.8 Å². The summed E-state index contributed by atoms with van der Waals surface area (Å²) in [5, 5.41) is 6.74. The molecule has 18 heavy (non-hydrogen) atoms. The predicted octanol–water partition coefficient (Wildman–Crippen LogP) is 2.25. The van der Waals surface area contributed by atoms with E-state index in [4.69, 9.17) is 0 Å². The number of amides is 1. The van der Waals surface area contributed by atoms with Crippen LogP contribution in [0.5, 0.6) is 0 Å². The van der Waals surface area contributed by atoms with Crippen LogP contribution in [0.2, 0.25) is 0 Å². The van der Waals surface area contributed by atoms with Gasteiger partial charge in [0.25, 0.3) is 5.91 Å². The SMILES string of the molecule is CC(C)n1nccc1NC(=O)c1cccc(F)n1. The van der Waals surface area contributed by atoms with Gasteiger partial charge in [-0.05, 0) is 26.0 Å². The lowest BCUT2D eigenvalue weighted by atomic mass is 10.3. The van der Waals surface area contributed by atoms with E-state index in [1.54, 1.807) is 16.9 Å². The third-order valence-corrected chi connectivity index (χ3v) is 2.35. The number of nitrogens with one attached hydrogen (secondary N) is 1. The molecule has 0 aliphatic carbocycles. The maximum absolute atomic E-state index is 12.9. The van der Waals surface area contributed by atoms with Crippen LogP contribution in [0.4, 0.5) is 10.2 Å². The molecule has 5 nitrogen and oxygen atoms in total. The van der Waals surface area contributed by atoms with Crippen LogP contribution in [0.1, 0.15) is 30.4 Å². The van der Waals surface area contributed by atoms with E-state index in [0.717, 1.165) is 0 Å². The Hall–Kier alpha value is -2.24. The molecule has 0 aliphatic heterocycles. The molecule has 0 radical (unpaired) electrons. The standard InChI is InChI=1S/C12H13FN4O/c1-8(2)17-11(6-7-14-17)16-12(18)9-4-3-5-10(13)15-9/h3-8H,1-2H3,(H,16,18). The number of carbonyl (C=O) groups is 1. The van der Waals surface area contributed by atoms with Crippen LogP contribution in [0.3, 0.4) is 0 Å². The fourth-order valence-corrected chi connectivity index (χ4v) is 1.54. The molecule has 0 atom stereocenters. The van der Waals surface area contributed by atoms with Crippen molar-refractivity contribution in [3.8, 4) is 0 Å². The third kappa shape index (κ3) is 2.53. The number of nitrogens with zero attached hydrogens (tertiary/aromatic N) is 3. The van der Waals surface area contributed by atoms with E-state index in [-0.39, 0.29) is 11.7 Å². The van der Waals surface area contributed by atoms with Gasteiger partial charge in [0.05, 0.1) is 6.20 Å². The van der Waals surface area contributed by atoms with Gasteiger partial charge in [0.15, 0.2) is 0 Å². The van der Waals surface area contributed by atoms with Crippen LogP contribution < -0.4 is 5.32 Å². The van der Waals surface area contributed by atoms with E-state index in [2.05, 4.69) is 15.4 Å². The monoisotopic (exact) mass is 248 g/mol.